The van der Waals surface area contributed by atoms with E-state index in [0.717, 1.165) is 11.3 Å². The molecule has 0 saturated heterocycles. The standard InChI is InChI=1S/C14H20N2O4/c1-10(16-14(19)15-7-6-13(17)18)8-11-4-3-5-12(9-11)20-2/h3-5,9-10H,6-8H2,1-2H3,(H,17,18)(H2,15,16,19). The number of rotatable bonds is 7. The second-order valence-electron chi connectivity index (χ2n) is 4.50. The van der Waals surface area contributed by atoms with Crippen LogP contribution in [0.25, 0.3) is 0 Å². The lowest BCUT2D eigenvalue weighted by atomic mass is 10.1. The molecule has 110 valence electrons. The molecule has 0 fully saturated rings. The summed E-state index contributed by atoms with van der Waals surface area (Å²) in [5, 5.41) is 13.7. The molecule has 1 unspecified atom stereocenters. The average molecular weight is 280 g/mol. The molecule has 0 radical (unpaired) electrons. The van der Waals surface area contributed by atoms with Crippen LogP contribution < -0.4 is 15.4 Å². The van der Waals surface area contributed by atoms with Crippen molar-refractivity contribution in [2.45, 2.75) is 25.8 Å². The van der Waals surface area contributed by atoms with Crippen molar-refractivity contribution in [2.75, 3.05) is 13.7 Å². The molecule has 0 aliphatic rings. The average Bonchev–Trinajstić information content (AvgIpc) is 2.38. The lowest BCUT2D eigenvalue weighted by molar-refractivity contribution is -0.136. The van der Waals surface area contributed by atoms with Crippen LogP contribution >= 0.6 is 0 Å². The Morgan fingerprint density at radius 2 is 2.15 bits per heavy atom. The molecule has 1 aromatic carbocycles. The van der Waals surface area contributed by atoms with E-state index < -0.39 is 5.97 Å². The first-order valence-electron chi connectivity index (χ1n) is 6.40. The Bertz CT molecular complexity index is 462. The van der Waals surface area contributed by atoms with Gasteiger partial charge in [-0.3, -0.25) is 4.79 Å². The maximum atomic E-state index is 11.5. The highest BCUT2D eigenvalue weighted by Gasteiger charge is 2.08. The highest BCUT2D eigenvalue weighted by atomic mass is 16.5. The zero-order chi connectivity index (χ0) is 15.0. The maximum Gasteiger partial charge on any atom is 0.315 e. The predicted molar refractivity (Wildman–Crippen MR) is 74.9 cm³/mol. The van der Waals surface area contributed by atoms with Gasteiger partial charge in [0.1, 0.15) is 5.75 Å². The van der Waals surface area contributed by atoms with Gasteiger partial charge < -0.3 is 20.5 Å². The molecule has 1 aromatic rings. The molecule has 3 N–H and O–H groups in total. The Morgan fingerprint density at radius 1 is 1.40 bits per heavy atom. The summed E-state index contributed by atoms with van der Waals surface area (Å²) in [6.45, 7) is 2.00. The van der Waals surface area contributed by atoms with Crippen molar-refractivity contribution in [3.8, 4) is 5.75 Å². The van der Waals surface area contributed by atoms with Gasteiger partial charge in [-0.1, -0.05) is 12.1 Å². The SMILES string of the molecule is COc1cccc(CC(C)NC(=O)NCCC(=O)O)c1. The molecule has 2 amide bonds. The van der Waals surface area contributed by atoms with Gasteiger partial charge in [0.05, 0.1) is 13.5 Å². The van der Waals surface area contributed by atoms with Gasteiger partial charge in [0.15, 0.2) is 0 Å². The van der Waals surface area contributed by atoms with E-state index >= 15 is 0 Å². The van der Waals surface area contributed by atoms with Gasteiger partial charge in [0.25, 0.3) is 0 Å². The summed E-state index contributed by atoms with van der Waals surface area (Å²) in [5.41, 5.74) is 1.06. The summed E-state index contributed by atoms with van der Waals surface area (Å²) in [6, 6.07) is 7.21. The predicted octanol–water partition coefficient (Wildman–Crippen LogP) is 1.40. The van der Waals surface area contributed by atoms with E-state index in [2.05, 4.69) is 10.6 Å². The maximum absolute atomic E-state index is 11.5. The highest BCUT2D eigenvalue weighted by Crippen LogP contribution is 2.13. The van der Waals surface area contributed by atoms with E-state index in [0.29, 0.717) is 6.42 Å². The molecular formula is C14H20N2O4. The van der Waals surface area contributed by atoms with Crippen LogP contribution in [0.1, 0.15) is 18.9 Å². The van der Waals surface area contributed by atoms with Crippen LogP contribution in [0, 0.1) is 0 Å². The van der Waals surface area contributed by atoms with E-state index in [-0.39, 0.29) is 25.0 Å². The first-order chi connectivity index (χ1) is 9.51. The summed E-state index contributed by atoms with van der Waals surface area (Å²) in [7, 11) is 1.61. The number of carboxylic acids is 1. The molecule has 20 heavy (non-hydrogen) atoms. The van der Waals surface area contributed by atoms with E-state index in [1.165, 1.54) is 0 Å². The number of carboxylic acid groups (broad SMARTS) is 1. The summed E-state index contributed by atoms with van der Waals surface area (Å²) < 4.78 is 5.14. The van der Waals surface area contributed by atoms with Crippen LogP contribution in [0.4, 0.5) is 4.79 Å². The largest absolute Gasteiger partial charge is 0.497 e. The number of hydrogen-bond acceptors (Lipinski definition) is 3. The van der Waals surface area contributed by atoms with Crippen molar-refractivity contribution >= 4 is 12.0 Å². The lowest BCUT2D eigenvalue weighted by Crippen LogP contribution is -2.42. The molecule has 0 aliphatic heterocycles. The minimum absolute atomic E-state index is 0.0630. The number of nitrogens with one attached hydrogen (secondary N) is 2. The van der Waals surface area contributed by atoms with Gasteiger partial charge in [-0.05, 0) is 31.0 Å². The van der Waals surface area contributed by atoms with Crippen molar-refractivity contribution < 1.29 is 19.4 Å². The highest BCUT2D eigenvalue weighted by molar-refractivity contribution is 5.75. The van der Waals surface area contributed by atoms with Crippen molar-refractivity contribution in [3.05, 3.63) is 29.8 Å². The number of hydrogen-bond donors (Lipinski definition) is 3. The zero-order valence-corrected chi connectivity index (χ0v) is 11.7. The summed E-state index contributed by atoms with van der Waals surface area (Å²) >= 11 is 0. The summed E-state index contributed by atoms with van der Waals surface area (Å²) in [6.07, 6.45) is 0.585. The first-order valence-corrected chi connectivity index (χ1v) is 6.40. The number of benzene rings is 1. The molecule has 0 saturated carbocycles. The molecule has 0 bridgehead atoms. The van der Waals surface area contributed by atoms with E-state index in [1.54, 1.807) is 7.11 Å². The van der Waals surface area contributed by atoms with Crippen molar-refractivity contribution in [1.29, 1.82) is 0 Å². The van der Waals surface area contributed by atoms with Crippen LogP contribution in [0.2, 0.25) is 0 Å². The van der Waals surface area contributed by atoms with Gasteiger partial charge in [-0.15, -0.1) is 0 Å². The van der Waals surface area contributed by atoms with E-state index in [9.17, 15) is 9.59 Å². The van der Waals surface area contributed by atoms with Crippen LogP contribution in [0.3, 0.4) is 0 Å². The Hall–Kier alpha value is -2.24. The number of urea groups is 1. The third kappa shape index (κ3) is 6.08. The lowest BCUT2D eigenvalue weighted by Gasteiger charge is -2.15. The second kappa shape index (κ2) is 8.04. The van der Waals surface area contributed by atoms with Crippen LogP contribution in [-0.2, 0) is 11.2 Å². The minimum Gasteiger partial charge on any atom is -0.497 e. The number of aliphatic carboxylic acids is 1. The van der Waals surface area contributed by atoms with Gasteiger partial charge in [-0.25, -0.2) is 4.79 Å². The normalized spacial score (nSPS) is 11.5. The Kier molecular flexibility index (Phi) is 6.36. The van der Waals surface area contributed by atoms with Crippen LogP contribution in [0.15, 0.2) is 24.3 Å². The van der Waals surface area contributed by atoms with Gasteiger partial charge in [0.2, 0.25) is 0 Å². The Morgan fingerprint density at radius 3 is 2.80 bits per heavy atom. The molecular weight excluding hydrogens is 260 g/mol. The Balaban J connectivity index is 2.36. The molecule has 6 heteroatoms. The molecule has 1 atom stereocenters. The first kappa shape index (κ1) is 15.8. The molecule has 0 aliphatic carbocycles. The molecule has 1 rings (SSSR count). The quantitative estimate of drug-likeness (QED) is 0.704. The van der Waals surface area contributed by atoms with Crippen molar-refractivity contribution in [3.63, 3.8) is 0 Å². The third-order valence-electron chi connectivity index (χ3n) is 2.68. The van der Waals surface area contributed by atoms with Crippen LogP contribution in [0.5, 0.6) is 5.75 Å². The summed E-state index contributed by atoms with van der Waals surface area (Å²) in [4.78, 5) is 21.8. The van der Waals surface area contributed by atoms with Crippen molar-refractivity contribution in [1.82, 2.24) is 10.6 Å². The molecule has 6 nitrogen and oxygen atoms in total. The molecule has 0 aromatic heterocycles. The van der Waals surface area contributed by atoms with Gasteiger partial charge >= 0.3 is 12.0 Å². The number of methoxy groups -OCH3 is 1. The van der Waals surface area contributed by atoms with E-state index in [4.69, 9.17) is 9.84 Å². The molecule has 0 heterocycles. The number of ether oxygens (including phenoxy) is 1. The Labute approximate surface area is 118 Å². The van der Waals surface area contributed by atoms with E-state index in [1.807, 2.05) is 31.2 Å². The zero-order valence-electron chi connectivity index (χ0n) is 11.7. The monoisotopic (exact) mass is 280 g/mol. The van der Waals surface area contributed by atoms with Crippen LogP contribution in [-0.4, -0.2) is 36.8 Å². The van der Waals surface area contributed by atoms with Gasteiger partial charge in [0, 0.05) is 12.6 Å². The van der Waals surface area contributed by atoms with Crippen molar-refractivity contribution in [2.24, 2.45) is 0 Å². The molecule has 0 spiro atoms. The number of carbonyl (C=O) groups excluding carboxylic acids is 1. The minimum atomic E-state index is -0.935. The second-order valence-corrected chi connectivity index (χ2v) is 4.50. The summed E-state index contributed by atoms with van der Waals surface area (Å²) in [5.74, 6) is -0.157. The fraction of sp³-hybridized carbons (Fsp3) is 0.429. The fourth-order valence-corrected chi connectivity index (χ4v) is 1.76. The smallest absolute Gasteiger partial charge is 0.315 e. The van der Waals surface area contributed by atoms with Gasteiger partial charge in [-0.2, -0.15) is 0 Å². The number of carbonyl (C=O) groups is 2. The number of amides is 2. The topological polar surface area (TPSA) is 87.7 Å². The fourth-order valence-electron chi connectivity index (χ4n) is 1.76. The third-order valence-corrected chi connectivity index (χ3v) is 2.68.